The fourth-order valence-corrected chi connectivity index (χ4v) is 4.21. The number of rotatable bonds is 5. The van der Waals surface area contributed by atoms with Gasteiger partial charge in [0.1, 0.15) is 19.8 Å². The third kappa shape index (κ3) is 4.95. The van der Waals surface area contributed by atoms with Crippen molar-refractivity contribution in [1.29, 1.82) is 0 Å². The summed E-state index contributed by atoms with van der Waals surface area (Å²) in [6, 6.07) is 19.5. The van der Waals surface area contributed by atoms with Crippen LogP contribution in [0.25, 0.3) is 6.08 Å². The Labute approximate surface area is 207 Å². The molecule has 7 nitrogen and oxygen atoms in total. The molecule has 0 aliphatic carbocycles. The van der Waals surface area contributed by atoms with E-state index in [2.05, 4.69) is 5.32 Å². The summed E-state index contributed by atoms with van der Waals surface area (Å²) in [5.74, 6) is 1.23. The highest BCUT2D eigenvalue weighted by atomic mass is 35.5. The van der Waals surface area contributed by atoms with Crippen molar-refractivity contribution in [2.45, 2.75) is 13.0 Å². The molecule has 2 aliphatic rings. The summed E-state index contributed by atoms with van der Waals surface area (Å²) in [6.45, 7) is 2.71. The SMILES string of the molecule is C[C@H](NC(=O)CN1C(=O)/C(=C\c2cccc(Cl)c2)Oc2ccccc21)c1ccc2c(c1)OCCO2. The molecule has 2 amide bonds. The molecule has 0 aromatic heterocycles. The third-order valence-electron chi connectivity index (χ3n) is 5.72. The Kier molecular flexibility index (Phi) is 6.33. The number of anilines is 1. The molecule has 178 valence electrons. The fourth-order valence-electron chi connectivity index (χ4n) is 4.01. The van der Waals surface area contributed by atoms with Gasteiger partial charge in [-0.2, -0.15) is 0 Å². The summed E-state index contributed by atoms with van der Waals surface area (Å²) in [5, 5.41) is 3.52. The van der Waals surface area contributed by atoms with E-state index in [4.69, 9.17) is 25.8 Å². The van der Waals surface area contributed by atoms with Gasteiger partial charge in [0.15, 0.2) is 23.0 Å². The standard InChI is InChI=1S/C27H23ClN2O5/c1-17(19-9-10-23-24(15-19)34-12-11-33-23)29-26(31)16-30-21-7-2-3-8-22(21)35-25(27(30)32)14-18-5-4-6-20(28)13-18/h2-10,13-15,17H,11-12,16H2,1H3,(H,29,31)/b25-14+/t17-/m0/s1. The van der Waals surface area contributed by atoms with Crippen LogP contribution in [-0.2, 0) is 9.59 Å². The van der Waals surface area contributed by atoms with E-state index in [0.29, 0.717) is 41.2 Å². The molecule has 35 heavy (non-hydrogen) atoms. The highest BCUT2D eigenvalue weighted by Gasteiger charge is 2.32. The van der Waals surface area contributed by atoms with E-state index in [-0.39, 0.29) is 24.3 Å². The normalized spacial score (nSPS) is 16.3. The third-order valence-corrected chi connectivity index (χ3v) is 5.96. The van der Waals surface area contributed by atoms with Crippen LogP contribution in [0.1, 0.15) is 24.1 Å². The number of benzene rings is 3. The molecule has 0 bridgehead atoms. The molecule has 0 saturated heterocycles. The van der Waals surface area contributed by atoms with Crippen molar-refractivity contribution in [2.75, 3.05) is 24.7 Å². The lowest BCUT2D eigenvalue weighted by Crippen LogP contribution is -2.44. The van der Waals surface area contributed by atoms with Gasteiger partial charge in [0.2, 0.25) is 5.91 Å². The van der Waals surface area contributed by atoms with Gasteiger partial charge in [0.05, 0.1) is 11.7 Å². The number of carbonyl (C=O) groups excluding carboxylic acids is 2. The van der Waals surface area contributed by atoms with Crippen LogP contribution >= 0.6 is 11.6 Å². The number of carbonyl (C=O) groups is 2. The smallest absolute Gasteiger partial charge is 0.294 e. The van der Waals surface area contributed by atoms with Gasteiger partial charge in [-0.25, -0.2) is 0 Å². The molecule has 1 atom stereocenters. The zero-order chi connectivity index (χ0) is 24.4. The van der Waals surface area contributed by atoms with Crippen LogP contribution in [0.15, 0.2) is 72.5 Å². The van der Waals surface area contributed by atoms with Crippen LogP contribution in [-0.4, -0.2) is 31.6 Å². The summed E-state index contributed by atoms with van der Waals surface area (Å²) in [6.07, 6.45) is 1.62. The fraction of sp³-hybridized carbons (Fsp3) is 0.185. The highest BCUT2D eigenvalue weighted by Crippen LogP contribution is 2.36. The van der Waals surface area contributed by atoms with Crippen LogP contribution in [0.4, 0.5) is 5.69 Å². The number of hydrogen-bond donors (Lipinski definition) is 1. The van der Waals surface area contributed by atoms with Gasteiger partial charge in [-0.15, -0.1) is 0 Å². The first kappa shape index (κ1) is 22.8. The molecule has 0 unspecified atom stereocenters. The number of fused-ring (bicyclic) bond motifs is 2. The largest absolute Gasteiger partial charge is 0.486 e. The average Bonchev–Trinajstić information content (AvgIpc) is 2.86. The number of ether oxygens (including phenoxy) is 3. The Morgan fingerprint density at radius 1 is 1.03 bits per heavy atom. The summed E-state index contributed by atoms with van der Waals surface area (Å²) in [5.41, 5.74) is 2.12. The Bertz CT molecular complexity index is 1320. The lowest BCUT2D eigenvalue weighted by molar-refractivity contribution is -0.123. The van der Waals surface area contributed by atoms with Crippen molar-refractivity contribution in [3.05, 3.63) is 88.6 Å². The van der Waals surface area contributed by atoms with E-state index >= 15 is 0 Å². The second-order valence-corrected chi connectivity index (χ2v) is 8.65. The van der Waals surface area contributed by atoms with E-state index in [1.807, 2.05) is 37.3 Å². The minimum atomic E-state index is -0.411. The van der Waals surface area contributed by atoms with Crippen LogP contribution in [0.3, 0.4) is 0 Å². The molecule has 0 spiro atoms. The molecule has 2 aliphatic heterocycles. The van der Waals surface area contributed by atoms with E-state index in [1.54, 1.807) is 42.5 Å². The molecule has 0 fully saturated rings. The van der Waals surface area contributed by atoms with Gasteiger partial charge in [-0.3, -0.25) is 14.5 Å². The van der Waals surface area contributed by atoms with Crippen LogP contribution < -0.4 is 24.4 Å². The van der Waals surface area contributed by atoms with Crippen molar-refractivity contribution in [3.63, 3.8) is 0 Å². The first-order valence-electron chi connectivity index (χ1n) is 11.2. The average molecular weight is 491 g/mol. The number of amides is 2. The van der Waals surface area contributed by atoms with Gasteiger partial charge in [0, 0.05) is 5.02 Å². The number of para-hydroxylation sites is 2. The van der Waals surface area contributed by atoms with E-state index in [1.165, 1.54) is 4.90 Å². The monoisotopic (exact) mass is 490 g/mol. The number of nitrogens with zero attached hydrogens (tertiary/aromatic N) is 1. The Hall–Kier alpha value is -3.97. The molecule has 3 aromatic rings. The maximum absolute atomic E-state index is 13.3. The molecule has 1 N–H and O–H groups in total. The van der Waals surface area contributed by atoms with Crippen molar-refractivity contribution >= 4 is 35.2 Å². The predicted molar refractivity (Wildman–Crippen MR) is 133 cm³/mol. The van der Waals surface area contributed by atoms with Gasteiger partial charge in [-0.05, 0) is 60.5 Å². The highest BCUT2D eigenvalue weighted by molar-refractivity contribution is 6.30. The first-order chi connectivity index (χ1) is 17.0. The lowest BCUT2D eigenvalue weighted by Gasteiger charge is -2.30. The summed E-state index contributed by atoms with van der Waals surface area (Å²) < 4.78 is 17.1. The van der Waals surface area contributed by atoms with Crippen LogP contribution in [0.5, 0.6) is 17.2 Å². The van der Waals surface area contributed by atoms with Crippen LogP contribution in [0, 0.1) is 0 Å². The number of hydrogen-bond acceptors (Lipinski definition) is 5. The molecular formula is C27H23ClN2O5. The molecule has 8 heteroatoms. The Morgan fingerprint density at radius 3 is 2.66 bits per heavy atom. The van der Waals surface area contributed by atoms with Crippen molar-refractivity contribution in [3.8, 4) is 17.2 Å². The van der Waals surface area contributed by atoms with E-state index in [9.17, 15) is 9.59 Å². The summed E-state index contributed by atoms with van der Waals surface area (Å²) in [4.78, 5) is 27.7. The zero-order valence-corrected chi connectivity index (χ0v) is 19.7. The predicted octanol–water partition coefficient (Wildman–Crippen LogP) is 4.76. The number of halogens is 1. The molecular weight excluding hydrogens is 468 g/mol. The molecule has 3 aromatic carbocycles. The van der Waals surface area contributed by atoms with E-state index < -0.39 is 5.91 Å². The van der Waals surface area contributed by atoms with Gasteiger partial charge in [-0.1, -0.05) is 41.9 Å². The zero-order valence-electron chi connectivity index (χ0n) is 19.0. The molecule has 0 radical (unpaired) electrons. The summed E-state index contributed by atoms with van der Waals surface area (Å²) >= 11 is 6.08. The quantitative estimate of drug-likeness (QED) is 0.522. The van der Waals surface area contributed by atoms with Gasteiger partial charge < -0.3 is 19.5 Å². The first-order valence-corrected chi connectivity index (χ1v) is 11.6. The van der Waals surface area contributed by atoms with Crippen LogP contribution in [0.2, 0.25) is 5.02 Å². The minimum absolute atomic E-state index is 0.110. The van der Waals surface area contributed by atoms with Gasteiger partial charge >= 0.3 is 0 Å². The Balaban J connectivity index is 1.35. The maximum atomic E-state index is 13.3. The molecule has 2 heterocycles. The topological polar surface area (TPSA) is 77.1 Å². The van der Waals surface area contributed by atoms with Crippen molar-refractivity contribution in [2.24, 2.45) is 0 Å². The maximum Gasteiger partial charge on any atom is 0.294 e. The summed E-state index contributed by atoms with van der Waals surface area (Å²) in [7, 11) is 0. The minimum Gasteiger partial charge on any atom is -0.486 e. The number of nitrogens with one attached hydrogen (secondary N) is 1. The molecule has 0 saturated carbocycles. The van der Waals surface area contributed by atoms with Crippen molar-refractivity contribution in [1.82, 2.24) is 5.32 Å². The second kappa shape index (κ2) is 9.72. The lowest BCUT2D eigenvalue weighted by atomic mass is 10.1. The van der Waals surface area contributed by atoms with E-state index in [0.717, 1.165) is 11.1 Å². The Morgan fingerprint density at radius 2 is 1.83 bits per heavy atom. The van der Waals surface area contributed by atoms with Gasteiger partial charge in [0.25, 0.3) is 5.91 Å². The second-order valence-electron chi connectivity index (χ2n) is 8.22. The van der Waals surface area contributed by atoms with Crippen molar-refractivity contribution < 1.29 is 23.8 Å². The molecule has 5 rings (SSSR count).